The molecule has 0 spiro atoms. The second-order valence-electron chi connectivity index (χ2n) is 6.20. The summed E-state index contributed by atoms with van der Waals surface area (Å²) in [4.78, 5) is 48.8. The maximum atomic E-state index is 12.4. The molecule has 0 bridgehead atoms. The molecule has 0 saturated heterocycles. The molecule has 0 radical (unpaired) electrons. The van der Waals surface area contributed by atoms with Gasteiger partial charge in [-0.25, -0.2) is 9.59 Å². The molecular weight excluding hydrogens is 414 g/mol. The minimum Gasteiger partial charge on any atom is -0.462 e. The summed E-state index contributed by atoms with van der Waals surface area (Å²) < 4.78 is 8.51. The Morgan fingerprint density at radius 2 is 1.83 bits per heavy atom. The fourth-order valence-corrected chi connectivity index (χ4v) is 3.23. The summed E-state index contributed by atoms with van der Waals surface area (Å²) >= 11 is 5.37. The fraction of sp³-hybridized carbons (Fsp3) is 0.300. The van der Waals surface area contributed by atoms with E-state index in [9.17, 15) is 19.2 Å². The van der Waals surface area contributed by atoms with E-state index in [1.165, 1.54) is 42.5 Å². The van der Waals surface area contributed by atoms with Gasteiger partial charge in [-0.1, -0.05) is 13.0 Å². The second kappa shape index (κ2) is 10.2. The number of rotatable bonds is 9. The average molecular weight is 436 g/mol. The minimum atomic E-state index is -1.62. The first kappa shape index (κ1) is 22.6. The molecule has 1 N–H and O–H groups in total. The Morgan fingerprint density at radius 3 is 2.41 bits per heavy atom. The van der Waals surface area contributed by atoms with Gasteiger partial charge < -0.3 is 14.8 Å². The van der Waals surface area contributed by atoms with Crippen molar-refractivity contribution in [2.24, 2.45) is 0 Å². The summed E-state index contributed by atoms with van der Waals surface area (Å²) in [6.45, 7) is 3.15. The number of benzene rings is 1. The summed E-state index contributed by atoms with van der Waals surface area (Å²) in [5, 5.41) is 4.08. The van der Waals surface area contributed by atoms with E-state index in [0.717, 1.165) is 6.42 Å². The molecule has 1 amide bonds. The zero-order chi connectivity index (χ0) is 21.4. The van der Waals surface area contributed by atoms with Gasteiger partial charge in [-0.05, 0) is 49.1 Å². The number of hydrogen-bond acceptors (Lipinski definition) is 8. The molecule has 0 aliphatic heterocycles. The predicted molar refractivity (Wildman–Crippen MR) is 112 cm³/mol. The Balaban J connectivity index is 1.87. The van der Waals surface area contributed by atoms with Crippen molar-refractivity contribution in [2.45, 2.75) is 25.0 Å². The molecule has 0 fully saturated rings. The molecule has 7 nitrogen and oxygen atoms in total. The first-order chi connectivity index (χ1) is 13.8. The lowest BCUT2D eigenvalue weighted by molar-refractivity contribution is -0.135. The first-order valence-corrected chi connectivity index (χ1v) is 10.1. The number of thiophene rings is 1. The van der Waals surface area contributed by atoms with Crippen LogP contribution in [0.25, 0.3) is 0 Å². The SMILES string of the molecule is CCCOC(=O)c1ccc(OC(=O)CNC(=O)C(C)(S)C(=O)c2cccs2)cc1. The molecule has 154 valence electrons. The van der Waals surface area contributed by atoms with Gasteiger partial charge >= 0.3 is 11.9 Å². The van der Waals surface area contributed by atoms with E-state index in [-0.39, 0.29) is 5.75 Å². The molecule has 1 heterocycles. The van der Waals surface area contributed by atoms with E-state index >= 15 is 0 Å². The van der Waals surface area contributed by atoms with Crippen LogP contribution in [0.2, 0.25) is 0 Å². The number of hydrogen-bond donors (Lipinski definition) is 2. The molecule has 9 heteroatoms. The Labute approximate surface area is 177 Å². The van der Waals surface area contributed by atoms with Crippen LogP contribution in [0.1, 0.15) is 40.3 Å². The zero-order valence-corrected chi connectivity index (χ0v) is 17.7. The van der Waals surface area contributed by atoms with E-state index in [1.54, 1.807) is 17.5 Å². The summed E-state index contributed by atoms with van der Waals surface area (Å²) in [6.07, 6.45) is 0.720. The van der Waals surface area contributed by atoms with Gasteiger partial charge in [0.2, 0.25) is 5.91 Å². The highest BCUT2D eigenvalue weighted by atomic mass is 32.1. The maximum Gasteiger partial charge on any atom is 0.338 e. The van der Waals surface area contributed by atoms with E-state index in [1.807, 2.05) is 6.92 Å². The molecular formula is C20H21NO6S2. The quantitative estimate of drug-likeness (QED) is 0.207. The standard InChI is InChI=1S/C20H21NO6S2/c1-3-10-26-18(24)13-6-8-14(9-7-13)27-16(22)12-21-19(25)20(2,28)17(23)15-5-4-11-29-15/h4-9,11,28H,3,10,12H2,1-2H3,(H,21,25). The van der Waals surface area contributed by atoms with Gasteiger partial charge in [0, 0.05) is 0 Å². The van der Waals surface area contributed by atoms with Crippen LogP contribution in [0.15, 0.2) is 41.8 Å². The van der Waals surface area contributed by atoms with Crippen LogP contribution in [0.4, 0.5) is 0 Å². The van der Waals surface area contributed by atoms with Crippen LogP contribution in [-0.4, -0.2) is 41.5 Å². The molecule has 2 rings (SSSR count). The third kappa shape index (κ3) is 6.16. The fourth-order valence-electron chi connectivity index (χ4n) is 2.18. The van der Waals surface area contributed by atoms with Crippen LogP contribution in [0.3, 0.4) is 0 Å². The Morgan fingerprint density at radius 1 is 1.14 bits per heavy atom. The van der Waals surface area contributed by atoms with Gasteiger partial charge in [0.05, 0.1) is 17.0 Å². The first-order valence-electron chi connectivity index (χ1n) is 8.82. The van der Waals surface area contributed by atoms with E-state index in [0.29, 0.717) is 17.0 Å². The summed E-state index contributed by atoms with van der Waals surface area (Å²) in [6, 6.07) is 9.15. The number of nitrogens with one attached hydrogen (secondary N) is 1. The van der Waals surface area contributed by atoms with E-state index in [4.69, 9.17) is 9.47 Å². The van der Waals surface area contributed by atoms with Crippen molar-refractivity contribution in [1.29, 1.82) is 0 Å². The van der Waals surface area contributed by atoms with Crippen LogP contribution in [0.5, 0.6) is 5.75 Å². The van der Waals surface area contributed by atoms with E-state index in [2.05, 4.69) is 17.9 Å². The number of esters is 2. The number of ketones is 1. The molecule has 29 heavy (non-hydrogen) atoms. The van der Waals surface area contributed by atoms with Crippen LogP contribution in [0, 0.1) is 0 Å². The molecule has 0 aliphatic rings. The lowest BCUT2D eigenvalue weighted by Gasteiger charge is -2.20. The summed E-state index contributed by atoms with van der Waals surface area (Å²) in [5.74, 6) is -2.13. The van der Waals surface area contributed by atoms with Crippen LogP contribution in [-0.2, 0) is 14.3 Å². The third-order valence-electron chi connectivity index (χ3n) is 3.78. The van der Waals surface area contributed by atoms with Crippen molar-refractivity contribution in [3.8, 4) is 5.75 Å². The normalized spacial score (nSPS) is 12.5. The smallest absolute Gasteiger partial charge is 0.338 e. The highest BCUT2D eigenvalue weighted by Gasteiger charge is 2.38. The van der Waals surface area contributed by atoms with Gasteiger partial charge in [0.1, 0.15) is 12.3 Å². The van der Waals surface area contributed by atoms with Crippen molar-refractivity contribution >= 4 is 47.6 Å². The molecule has 1 unspecified atom stereocenters. The second-order valence-corrected chi connectivity index (χ2v) is 8.04. The summed E-state index contributed by atoms with van der Waals surface area (Å²) in [7, 11) is 0. The highest BCUT2D eigenvalue weighted by Crippen LogP contribution is 2.23. The number of carbonyl (C=O) groups excluding carboxylic acids is 4. The van der Waals surface area contributed by atoms with Gasteiger partial charge in [-0.15, -0.1) is 11.3 Å². The predicted octanol–water partition coefficient (Wildman–Crippen LogP) is 2.91. The lowest BCUT2D eigenvalue weighted by atomic mass is 10.0. The van der Waals surface area contributed by atoms with Crippen molar-refractivity contribution in [3.05, 3.63) is 52.2 Å². The maximum absolute atomic E-state index is 12.4. The highest BCUT2D eigenvalue weighted by molar-refractivity contribution is 7.83. The number of ether oxygens (including phenoxy) is 2. The van der Waals surface area contributed by atoms with Crippen LogP contribution >= 0.6 is 24.0 Å². The van der Waals surface area contributed by atoms with Gasteiger partial charge in [-0.2, -0.15) is 12.6 Å². The van der Waals surface area contributed by atoms with E-state index < -0.39 is 34.9 Å². The van der Waals surface area contributed by atoms with Crippen LogP contribution < -0.4 is 10.1 Å². The van der Waals surface area contributed by atoms with Crippen molar-refractivity contribution in [2.75, 3.05) is 13.2 Å². The Bertz CT molecular complexity index is 875. The molecule has 1 aromatic heterocycles. The number of Topliss-reactive ketones (excluding diaryl/α,β-unsaturated/α-hetero) is 1. The number of carbonyl (C=O) groups is 4. The van der Waals surface area contributed by atoms with Gasteiger partial charge in [0.25, 0.3) is 0 Å². The molecule has 0 saturated carbocycles. The van der Waals surface area contributed by atoms with Crippen molar-refractivity contribution in [3.63, 3.8) is 0 Å². The zero-order valence-electron chi connectivity index (χ0n) is 16.0. The monoisotopic (exact) mass is 435 g/mol. The molecule has 1 aromatic carbocycles. The Kier molecular flexibility index (Phi) is 7.98. The number of thiol groups is 1. The minimum absolute atomic E-state index is 0.208. The molecule has 2 aromatic rings. The molecule has 1 atom stereocenters. The summed E-state index contributed by atoms with van der Waals surface area (Å²) in [5.41, 5.74) is 0.337. The lowest BCUT2D eigenvalue weighted by Crippen LogP contribution is -2.48. The Hall–Kier alpha value is -2.65. The molecule has 0 aliphatic carbocycles. The third-order valence-corrected chi connectivity index (χ3v) is 5.06. The van der Waals surface area contributed by atoms with Crippen molar-refractivity contribution < 1.29 is 28.7 Å². The topological polar surface area (TPSA) is 98.8 Å². The van der Waals surface area contributed by atoms with Gasteiger partial charge in [-0.3, -0.25) is 9.59 Å². The number of amides is 1. The average Bonchev–Trinajstić information content (AvgIpc) is 3.24. The largest absolute Gasteiger partial charge is 0.462 e. The van der Waals surface area contributed by atoms with Crippen molar-refractivity contribution in [1.82, 2.24) is 5.32 Å². The van der Waals surface area contributed by atoms with Gasteiger partial charge in [0.15, 0.2) is 10.5 Å².